The lowest BCUT2D eigenvalue weighted by atomic mass is 10.1. The summed E-state index contributed by atoms with van der Waals surface area (Å²) < 4.78 is 34.4. The molecule has 0 aliphatic carbocycles. The van der Waals surface area contributed by atoms with Crippen molar-refractivity contribution in [1.29, 1.82) is 0 Å². The molecular formula is C25H29F2N5O3. The Morgan fingerprint density at radius 2 is 1.63 bits per heavy atom. The zero-order valence-electron chi connectivity index (χ0n) is 19.9. The van der Waals surface area contributed by atoms with Crippen molar-refractivity contribution in [2.45, 2.75) is 39.5 Å². The number of alkyl halides is 2. The van der Waals surface area contributed by atoms with Crippen LogP contribution in [0, 0.1) is 6.92 Å². The van der Waals surface area contributed by atoms with Crippen molar-refractivity contribution in [3.63, 3.8) is 0 Å². The lowest BCUT2D eigenvalue weighted by Gasteiger charge is -2.39. The fourth-order valence-corrected chi connectivity index (χ4v) is 4.03. The van der Waals surface area contributed by atoms with Gasteiger partial charge >= 0.3 is 6.61 Å². The molecule has 1 fully saturated rings. The second-order valence-electron chi connectivity index (χ2n) is 8.64. The summed E-state index contributed by atoms with van der Waals surface area (Å²) in [6.07, 6.45) is 0. The molecule has 3 aromatic rings. The van der Waals surface area contributed by atoms with E-state index >= 15 is 0 Å². The minimum atomic E-state index is -2.88. The SMILES string of the molecule is Cc1ccc(-c2noc([C@H](C)N3CCN([C@H](C)C(=O)Nc4ccc(OC(F)F)cc4)CC3)n2)cc1. The zero-order valence-corrected chi connectivity index (χ0v) is 19.9. The lowest BCUT2D eigenvalue weighted by molar-refractivity contribution is -0.121. The first-order valence-electron chi connectivity index (χ1n) is 11.5. The van der Waals surface area contributed by atoms with Crippen molar-refractivity contribution >= 4 is 11.6 Å². The van der Waals surface area contributed by atoms with Crippen molar-refractivity contribution in [2.75, 3.05) is 31.5 Å². The van der Waals surface area contributed by atoms with Gasteiger partial charge < -0.3 is 14.6 Å². The Kier molecular flexibility index (Phi) is 7.72. The lowest BCUT2D eigenvalue weighted by Crippen LogP contribution is -2.53. The summed E-state index contributed by atoms with van der Waals surface area (Å²) in [5.41, 5.74) is 2.61. The molecule has 1 saturated heterocycles. The van der Waals surface area contributed by atoms with Gasteiger partial charge in [-0.2, -0.15) is 13.8 Å². The maximum absolute atomic E-state index is 12.7. The maximum Gasteiger partial charge on any atom is 0.387 e. The van der Waals surface area contributed by atoms with Crippen molar-refractivity contribution < 1.29 is 22.8 Å². The van der Waals surface area contributed by atoms with Crippen molar-refractivity contribution in [1.82, 2.24) is 19.9 Å². The Hall–Kier alpha value is -3.37. The molecule has 1 aliphatic heterocycles. The molecule has 1 N–H and O–H groups in total. The van der Waals surface area contributed by atoms with E-state index in [4.69, 9.17) is 4.52 Å². The number of carbonyl (C=O) groups is 1. The Morgan fingerprint density at radius 1 is 1.00 bits per heavy atom. The molecule has 0 spiro atoms. The molecule has 0 saturated carbocycles. The summed E-state index contributed by atoms with van der Waals surface area (Å²) in [4.78, 5) is 21.7. The van der Waals surface area contributed by atoms with Gasteiger partial charge in [-0.1, -0.05) is 35.0 Å². The van der Waals surface area contributed by atoms with Gasteiger partial charge in [-0.25, -0.2) is 0 Å². The molecular weight excluding hydrogens is 456 g/mol. The minimum absolute atomic E-state index is 0.0399. The standard InChI is InChI=1S/C25H29F2N5O3/c1-16-4-6-19(7-5-16)22-29-24(35-30-22)18(3)32-14-12-31(13-15-32)17(2)23(33)28-20-8-10-21(11-9-20)34-25(26)27/h4-11,17-18,25H,12-15H2,1-3H3,(H,28,33)/t17-,18+/m1/s1. The second kappa shape index (κ2) is 10.9. The van der Waals surface area contributed by atoms with E-state index in [2.05, 4.69) is 30.0 Å². The van der Waals surface area contributed by atoms with Crippen molar-refractivity contribution in [2.24, 2.45) is 0 Å². The van der Waals surface area contributed by atoms with Crippen LogP contribution in [0.3, 0.4) is 0 Å². The van der Waals surface area contributed by atoms with Crippen molar-refractivity contribution in [3.8, 4) is 17.1 Å². The molecule has 2 heterocycles. The smallest absolute Gasteiger partial charge is 0.387 e. The number of aromatic nitrogens is 2. The largest absolute Gasteiger partial charge is 0.435 e. The van der Waals surface area contributed by atoms with E-state index in [1.807, 2.05) is 45.0 Å². The Bertz CT molecular complexity index is 1110. The van der Waals surface area contributed by atoms with Crippen LogP contribution in [0.1, 0.15) is 31.3 Å². The minimum Gasteiger partial charge on any atom is -0.435 e. The van der Waals surface area contributed by atoms with Gasteiger partial charge in [0.15, 0.2) is 0 Å². The average Bonchev–Trinajstić information content (AvgIpc) is 3.35. The first-order valence-corrected chi connectivity index (χ1v) is 11.5. The zero-order chi connectivity index (χ0) is 24.9. The van der Waals surface area contributed by atoms with E-state index in [9.17, 15) is 13.6 Å². The number of benzene rings is 2. The van der Waals surface area contributed by atoms with E-state index in [1.54, 1.807) is 0 Å². The topological polar surface area (TPSA) is 83.7 Å². The van der Waals surface area contributed by atoms with Crippen LogP contribution in [0.4, 0.5) is 14.5 Å². The average molecular weight is 486 g/mol. The first-order chi connectivity index (χ1) is 16.8. The van der Waals surface area contributed by atoms with Crippen LogP contribution in [-0.4, -0.2) is 64.7 Å². The molecule has 2 atom stereocenters. The molecule has 2 aromatic carbocycles. The predicted octanol–water partition coefficient (Wildman–Crippen LogP) is 4.35. The fraction of sp³-hybridized carbons (Fsp3) is 0.400. The van der Waals surface area contributed by atoms with E-state index in [-0.39, 0.29) is 23.7 Å². The molecule has 4 rings (SSSR count). The molecule has 35 heavy (non-hydrogen) atoms. The molecule has 1 aromatic heterocycles. The molecule has 8 nitrogen and oxygen atoms in total. The summed E-state index contributed by atoms with van der Waals surface area (Å²) in [5.74, 6) is 1.03. The number of anilines is 1. The van der Waals surface area contributed by atoms with E-state index in [1.165, 1.54) is 29.8 Å². The van der Waals surface area contributed by atoms with Crippen LogP contribution in [0.5, 0.6) is 5.75 Å². The van der Waals surface area contributed by atoms with E-state index in [0.29, 0.717) is 30.5 Å². The number of hydrogen-bond donors (Lipinski definition) is 1. The summed E-state index contributed by atoms with van der Waals surface area (Å²) in [7, 11) is 0. The Balaban J connectivity index is 1.28. The highest BCUT2D eigenvalue weighted by molar-refractivity contribution is 5.94. The van der Waals surface area contributed by atoms with Crippen LogP contribution in [-0.2, 0) is 4.79 Å². The van der Waals surface area contributed by atoms with Gasteiger partial charge in [-0.05, 0) is 45.0 Å². The normalized spacial score (nSPS) is 16.7. The summed E-state index contributed by atoms with van der Waals surface area (Å²) in [6.45, 7) is 5.96. The van der Waals surface area contributed by atoms with Gasteiger partial charge in [0.05, 0.1) is 12.1 Å². The molecule has 0 radical (unpaired) electrons. The Labute approximate surface area is 202 Å². The number of piperazine rings is 1. The highest BCUT2D eigenvalue weighted by Crippen LogP contribution is 2.24. The summed E-state index contributed by atoms with van der Waals surface area (Å²) in [6, 6.07) is 13.5. The number of halogens is 2. The third-order valence-corrected chi connectivity index (χ3v) is 6.28. The first kappa shape index (κ1) is 24.7. The molecule has 1 amide bonds. The molecule has 186 valence electrons. The number of nitrogens with one attached hydrogen (secondary N) is 1. The second-order valence-corrected chi connectivity index (χ2v) is 8.64. The highest BCUT2D eigenvalue weighted by atomic mass is 19.3. The van der Waals surface area contributed by atoms with Gasteiger partial charge in [-0.3, -0.25) is 14.6 Å². The van der Waals surface area contributed by atoms with E-state index < -0.39 is 6.61 Å². The van der Waals surface area contributed by atoms with Crippen LogP contribution in [0.25, 0.3) is 11.4 Å². The molecule has 0 unspecified atom stereocenters. The summed E-state index contributed by atoms with van der Waals surface area (Å²) in [5, 5.41) is 6.97. The molecule has 1 aliphatic rings. The van der Waals surface area contributed by atoms with Gasteiger partial charge in [0.1, 0.15) is 5.75 Å². The van der Waals surface area contributed by atoms with Gasteiger partial charge in [-0.15, -0.1) is 0 Å². The van der Waals surface area contributed by atoms with E-state index in [0.717, 1.165) is 18.7 Å². The number of amides is 1. The fourth-order valence-electron chi connectivity index (χ4n) is 4.03. The summed E-state index contributed by atoms with van der Waals surface area (Å²) >= 11 is 0. The third kappa shape index (κ3) is 6.20. The maximum atomic E-state index is 12.7. The van der Waals surface area contributed by atoms with Crippen LogP contribution < -0.4 is 10.1 Å². The number of carbonyl (C=O) groups excluding carboxylic acids is 1. The van der Waals surface area contributed by atoms with Gasteiger partial charge in [0.25, 0.3) is 0 Å². The Morgan fingerprint density at radius 3 is 2.26 bits per heavy atom. The molecule has 0 bridgehead atoms. The number of rotatable bonds is 8. The third-order valence-electron chi connectivity index (χ3n) is 6.28. The van der Waals surface area contributed by atoms with Crippen molar-refractivity contribution in [3.05, 3.63) is 60.0 Å². The quantitative estimate of drug-likeness (QED) is 0.508. The van der Waals surface area contributed by atoms with Crippen LogP contribution in [0.15, 0.2) is 53.1 Å². The van der Waals surface area contributed by atoms with Gasteiger partial charge in [0, 0.05) is 37.4 Å². The van der Waals surface area contributed by atoms with Crippen LogP contribution in [0.2, 0.25) is 0 Å². The number of nitrogens with zero attached hydrogens (tertiary/aromatic N) is 4. The number of hydrogen-bond acceptors (Lipinski definition) is 7. The number of ether oxygens (including phenoxy) is 1. The molecule has 10 heteroatoms. The van der Waals surface area contributed by atoms with Crippen LogP contribution >= 0.6 is 0 Å². The predicted molar refractivity (Wildman–Crippen MR) is 127 cm³/mol. The van der Waals surface area contributed by atoms with Gasteiger partial charge in [0.2, 0.25) is 17.6 Å². The highest BCUT2D eigenvalue weighted by Gasteiger charge is 2.30. The number of aryl methyl sites for hydroxylation is 1. The monoisotopic (exact) mass is 485 g/mol.